The van der Waals surface area contributed by atoms with Crippen LogP contribution in [0.25, 0.3) is 11.3 Å². The molecule has 1 aliphatic rings. The van der Waals surface area contributed by atoms with Gasteiger partial charge < -0.3 is 21.5 Å². The summed E-state index contributed by atoms with van der Waals surface area (Å²) in [5.41, 5.74) is 10.0. The highest BCUT2D eigenvalue weighted by atomic mass is 35.5. The molecule has 0 spiro atoms. The van der Waals surface area contributed by atoms with E-state index in [2.05, 4.69) is 14.7 Å². The molecule has 2 unspecified atom stereocenters. The quantitative estimate of drug-likeness (QED) is 0.475. The lowest BCUT2D eigenvalue weighted by atomic mass is 9.94. The van der Waals surface area contributed by atoms with E-state index in [1.807, 2.05) is 0 Å². The third kappa shape index (κ3) is 5.37. The zero-order valence-electron chi connectivity index (χ0n) is 17.2. The van der Waals surface area contributed by atoms with Gasteiger partial charge in [0.25, 0.3) is 5.91 Å². The Morgan fingerprint density at radius 3 is 2.61 bits per heavy atom. The molecular formula is C21H21ClF3N5O2S. The molecule has 12 heteroatoms. The number of halogens is 4. The van der Waals surface area contributed by atoms with Crippen LogP contribution in [-0.2, 0) is 0 Å². The Balaban J connectivity index is 0.00000306. The number of nitrogens with one attached hydrogen (secondary N) is 1. The van der Waals surface area contributed by atoms with Crippen molar-refractivity contribution in [3.63, 3.8) is 0 Å². The van der Waals surface area contributed by atoms with Gasteiger partial charge in [-0.05, 0) is 37.8 Å². The third-order valence-corrected chi connectivity index (χ3v) is 5.84. The van der Waals surface area contributed by atoms with E-state index in [1.165, 1.54) is 6.20 Å². The average molecular weight is 500 g/mol. The predicted octanol–water partition coefficient (Wildman–Crippen LogP) is 4.53. The lowest BCUT2D eigenvalue weighted by molar-refractivity contribution is 0.102. The Morgan fingerprint density at radius 1 is 1.18 bits per heavy atom. The standard InChI is InChI=1S/C21H20F3N5O2S.ClH/c22-12-5-2-6-13(23)17(12)18-14(24)8-15(26)19(29-18)20(30)28-16-9-27-32-21(16)31-11-4-1-3-10(25)7-11;/h2,5-6,8-11H,1,3-4,7,25-26H2,(H,28,30);1H. The second-order valence-electron chi connectivity index (χ2n) is 7.50. The maximum absolute atomic E-state index is 14.4. The summed E-state index contributed by atoms with van der Waals surface area (Å²) in [4.78, 5) is 16.7. The number of rotatable bonds is 5. The highest BCUT2D eigenvalue weighted by Gasteiger charge is 2.25. The van der Waals surface area contributed by atoms with Crippen molar-refractivity contribution >= 4 is 41.2 Å². The largest absolute Gasteiger partial charge is 0.478 e. The van der Waals surface area contributed by atoms with Gasteiger partial charge in [0.15, 0.2) is 11.5 Å². The van der Waals surface area contributed by atoms with Gasteiger partial charge in [0.05, 0.1) is 17.4 Å². The van der Waals surface area contributed by atoms with E-state index in [-0.39, 0.29) is 41.6 Å². The molecule has 33 heavy (non-hydrogen) atoms. The summed E-state index contributed by atoms with van der Waals surface area (Å²) in [7, 11) is 0. The van der Waals surface area contributed by atoms with E-state index in [0.29, 0.717) is 11.5 Å². The van der Waals surface area contributed by atoms with Gasteiger partial charge in [0.1, 0.15) is 29.1 Å². The lowest BCUT2D eigenvalue weighted by Crippen LogP contribution is -2.33. The van der Waals surface area contributed by atoms with Crippen molar-refractivity contribution in [2.75, 3.05) is 11.1 Å². The first kappa shape index (κ1) is 24.7. The summed E-state index contributed by atoms with van der Waals surface area (Å²) in [6, 6.07) is 3.93. The fraction of sp³-hybridized carbons (Fsp3) is 0.286. The Hall–Kier alpha value is -2.89. The van der Waals surface area contributed by atoms with Gasteiger partial charge in [0.2, 0.25) is 5.06 Å². The third-order valence-electron chi connectivity index (χ3n) is 5.15. The highest BCUT2D eigenvalue weighted by Crippen LogP contribution is 2.34. The first-order valence-corrected chi connectivity index (χ1v) is 10.7. The van der Waals surface area contributed by atoms with Gasteiger partial charge in [0, 0.05) is 23.6 Å². The topological polar surface area (TPSA) is 116 Å². The normalized spacial score (nSPS) is 17.8. The van der Waals surface area contributed by atoms with Crippen LogP contribution in [-0.4, -0.2) is 27.4 Å². The first-order chi connectivity index (χ1) is 15.3. The lowest BCUT2D eigenvalue weighted by Gasteiger charge is -2.26. The summed E-state index contributed by atoms with van der Waals surface area (Å²) in [5.74, 6) is -3.89. The molecule has 4 rings (SSSR count). The Bertz CT molecular complexity index is 1140. The number of aromatic nitrogens is 2. The molecule has 3 aromatic rings. The van der Waals surface area contributed by atoms with Crippen molar-refractivity contribution in [1.82, 2.24) is 9.36 Å². The zero-order chi connectivity index (χ0) is 22.8. The zero-order valence-corrected chi connectivity index (χ0v) is 18.8. The number of nitrogens with zero attached hydrogens (tertiary/aromatic N) is 2. The van der Waals surface area contributed by atoms with Crippen molar-refractivity contribution in [2.24, 2.45) is 5.73 Å². The van der Waals surface area contributed by atoms with Crippen LogP contribution in [0.1, 0.15) is 36.2 Å². The van der Waals surface area contributed by atoms with Crippen LogP contribution in [0, 0.1) is 17.5 Å². The van der Waals surface area contributed by atoms with Crippen LogP contribution in [0.2, 0.25) is 0 Å². The van der Waals surface area contributed by atoms with Crippen LogP contribution in [0.3, 0.4) is 0 Å². The number of hydrogen-bond donors (Lipinski definition) is 3. The molecule has 176 valence electrons. The summed E-state index contributed by atoms with van der Waals surface area (Å²) in [6.07, 6.45) is 4.71. The molecule has 2 aromatic heterocycles. The summed E-state index contributed by atoms with van der Waals surface area (Å²) < 4.78 is 52.7. The van der Waals surface area contributed by atoms with Gasteiger partial charge in [-0.2, -0.15) is 4.37 Å². The van der Waals surface area contributed by atoms with Gasteiger partial charge >= 0.3 is 0 Å². The molecule has 5 N–H and O–H groups in total. The number of nitrogens with two attached hydrogens (primary N) is 2. The number of hydrogen-bond acceptors (Lipinski definition) is 7. The van der Waals surface area contributed by atoms with E-state index in [4.69, 9.17) is 16.2 Å². The van der Waals surface area contributed by atoms with Gasteiger partial charge in [-0.15, -0.1) is 12.4 Å². The Morgan fingerprint density at radius 2 is 1.91 bits per heavy atom. The van der Waals surface area contributed by atoms with Crippen LogP contribution in [0.5, 0.6) is 5.06 Å². The fourth-order valence-corrected chi connectivity index (χ4v) is 4.24. The predicted molar refractivity (Wildman–Crippen MR) is 122 cm³/mol. The molecular weight excluding hydrogens is 479 g/mol. The number of carbonyl (C=O) groups excluding carboxylic acids is 1. The SMILES string of the molecule is Cl.Nc1cc(F)c(-c2c(F)cccc2F)nc1C(=O)Nc1cnsc1OC1CCCC(N)C1. The minimum atomic E-state index is -1.06. The minimum absolute atomic E-state index is 0. The van der Waals surface area contributed by atoms with Crippen molar-refractivity contribution in [3.05, 3.63) is 53.6 Å². The number of carbonyl (C=O) groups is 1. The van der Waals surface area contributed by atoms with E-state index in [0.717, 1.165) is 55.1 Å². The van der Waals surface area contributed by atoms with E-state index in [1.54, 1.807) is 0 Å². The van der Waals surface area contributed by atoms with E-state index >= 15 is 0 Å². The van der Waals surface area contributed by atoms with Crippen molar-refractivity contribution in [3.8, 4) is 16.3 Å². The molecule has 0 radical (unpaired) electrons. The fourth-order valence-electron chi connectivity index (χ4n) is 3.60. The number of amides is 1. The van der Waals surface area contributed by atoms with Crippen molar-refractivity contribution < 1.29 is 22.7 Å². The minimum Gasteiger partial charge on any atom is -0.478 e. The monoisotopic (exact) mass is 499 g/mol. The molecule has 1 saturated carbocycles. The van der Waals surface area contributed by atoms with E-state index < -0.39 is 34.6 Å². The molecule has 0 saturated heterocycles. The molecule has 2 atom stereocenters. The molecule has 7 nitrogen and oxygen atoms in total. The van der Waals surface area contributed by atoms with Crippen LogP contribution in [0.4, 0.5) is 24.5 Å². The Kier molecular flexibility index (Phi) is 7.77. The first-order valence-electron chi connectivity index (χ1n) is 9.92. The number of pyridine rings is 1. The molecule has 1 aromatic carbocycles. The molecule has 1 amide bonds. The average Bonchev–Trinajstić information content (AvgIpc) is 3.15. The van der Waals surface area contributed by atoms with Crippen LogP contribution >= 0.6 is 23.9 Å². The van der Waals surface area contributed by atoms with Gasteiger partial charge in [-0.1, -0.05) is 6.07 Å². The maximum atomic E-state index is 14.4. The Labute approximate surface area is 197 Å². The highest BCUT2D eigenvalue weighted by molar-refractivity contribution is 7.08. The second kappa shape index (κ2) is 10.4. The second-order valence-corrected chi connectivity index (χ2v) is 8.27. The summed E-state index contributed by atoms with van der Waals surface area (Å²) in [6.45, 7) is 0. The molecule has 1 fully saturated rings. The molecule has 2 heterocycles. The summed E-state index contributed by atoms with van der Waals surface area (Å²) in [5, 5.41) is 2.96. The summed E-state index contributed by atoms with van der Waals surface area (Å²) >= 11 is 1.05. The molecule has 0 bridgehead atoms. The molecule has 1 aliphatic carbocycles. The number of nitrogen functional groups attached to an aromatic ring is 1. The smallest absolute Gasteiger partial charge is 0.276 e. The van der Waals surface area contributed by atoms with Gasteiger partial charge in [-0.25, -0.2) is 18.2 Å². The number of ether oxygens (including phenoxy) is 1. The van der Waals surface area contributed by atoms with Crippen molar-refractivity contribution in [1.29, 1.82) is 0 Å². The number of benzene rings is 1. The van der Waals surface area contributed by atoms with E-state index in [9.17, 15) is 18.0 Å². The van der Waals surface area contributed by atoms with Crippen LogP contribution < -0.4 is 21.5 Å². The van der Waals surface area contributed by atoms with Crippen LogP contribution in [0.15, 0.2) is 30.5 Å². The maximum Gasteiger partial charge on any atom is 0.276 e. The van der Waals surface area contributed by atoms with Gasteiger partial charge in [-0.3, -0.25) is 4.79 Å². The number of anilines is 2. The molecule has 0 aliphatic heterocycles. The van der Waals surface area contributed by atoms with Crippen molar-refractivity contribution in [2.45, 2.75) is 37.8 Å².